The first kappa shape index (κ1) is 18.7. The average Bonchev–Trinajstić information content (AvgIpc) is 3.06. The van der Waals surface area contributed by atoms with Gasteiger partial charge >= 0.3 is 0 Å². The topological polar surface area (TPSA) is 71.1 Å². The number of carbonyl (C=O) groups is 2. The van der Waals surface area contributed by atoms with Gasteiger partial charge in [0.15, 0.2) is 5.13 Å². The van der Waals surface area contributed by atoms with Gasteiger partial charge in [-0.25, -0.2) is 13.8 Å². The van der Waals surface area contributed by atoms with Crippen molar-refractivity contribution in [2.75, 3.05) is 10.6 Å². The highest BCUT2D eigenvalue weighted by atomic mass is 32.1. The fraction of sp³-hybridized carbons (Fsp3) is 0.105. The van der Waals surface area contributed by atoms with Crippen LogP contribution in [-0.4, -0.2) is 16.8 Å². The molecule has 0 saturated carbocycles. The van der Waals surface area contributed by atoms with E-state index in [0.29, 0.717) is 10.8 Å². The number of anilines is 2. The minimum atomic E-state index is -0.584. The Hall–Kier alpha value is -3.13. The lowest BCUT2D eigenvalue weighted by molar-refractivity contribution is -0.116. The second-order valence-electron chi connectivity index (χ2n) is 5.77. The molecular formula is C19H15F2N3O2S. The maximum atomic E-state index is 13.8. The summed E-state index contributed by atoms with van der Waals surface area (Å²) in [5, 5.41) is 7.14. The molecule has 5 nitrogen and oxygen atoms in total. The van der Waals surface area contributed by atoms with Gasteiger partial charge in [-0.15, -0.1) is 11.3 Å². The van der Waals surface area contributed by atoms with Crippen LogP contribution in [0, 0.1) is 11.6 Å². The van der Waals surface area contributed by atoms with Crippen molar-refractivity contribution in [3.63, 3.8) is 0 Å². The number of aromatic nitrogens is 1. The molecule has 0 saturated heterocycles. The molecule has 8 heteroatoms. The molecule has 138 valence electrons. The zero-order valence-corrected chi connectivity index (χ0v) is 15.1. The molecule has 0 aliphatic rings. The summed E-state index contributed by atoms with van der Waals surface area (Å²) in [6, 6.07) is 10.0. The summed E-state index contributed by atoms with van der Waals surface area (Å²) in [6.07, 6.45) is 0.115. The number of hydrogen-bond donors (Lipinski definition) is 2. The van der Waals surface area contributed by atoms with Crippen LogP contribution in [0.2, 0.25) is 0 Å². The quantitative estimate of drug-likeness (QED) is 0.688. The van der Waals surface area contributed by atoms with E-state index in [9.17, 15) is 18.4 Å². The predicted octanol–water partition coefficient (Wildman–Crippen LogP) is 4.23. The Morgan fingerprint density at radius 1 is 1.07 bits per heavy atom. The third-order valence-electron chi connectivity index (χ3n) is 3.59. The lowest BCUT2D eigenvalue weighted by Gasteiger charge is -2.05. The molecule has 0 aliphatic heterocycles. The van der Waals surface area contributed by atoms with Gasteiger partial charge in [0.1, 0.15) is 11.6 Å². The molecule has 27 heavy (non-hydrogen) atoms. The number of halogens is 2. The minimum Gasteiger partial charge on any atom is -0.326 e. The Balaban J connectivity index is 1.64. The lowest BCUT2D eigenvalue weighted by Crippen LogP contribution is -2.14. The first-order chi connectivity index (χ1) is 12.9. The molecule has 0 radical (unpaired) electrons. The number of carbonyl (C=O) groups excluding carboxylic acids is 2. The van der Waals surface area contributed by atoms with Crippen LogP contribution in [0.3, 0.4) is 0 Å². The van der Waals surface area contributed by atoms with Crippen LogP contribution in [0.4, 0.5) is 19.6 Å². The maximum Gasteiger partial charge on any atom is 0.230 e. The fourth-order valence-electron chi connectivity index (χ4n) is 2.41. The largest absolute Gasteiger partial charge is 0.326 e. The number of rotatable bonds is 5. The van der Waals surface area contributed by atoms with Gasteiger partial charge < -0.3 is 10.6 Å². The molecule has 0 fully saturated rings. The molecular weight excluding hydrogens is 372 g/mol. The number of thiazole rings is 1. The summed E-state index contributed by atoms with van der Waals surface area (Å²) in [6.45, 7) is 1.42. The van der Waals surface area contributed by atoms with Gasteiger partial charge in [0.25, 0.3) is 0 Å². The Bertz CT molecular complexity index is 987. The van der Waals surface area contributed by atoms with Crippen molar-refractivity contribution < 1.29 is 18.4 Å². The van der Waals surface area contributed by atoms with Gasteiger partial charge in [0.05, 0.1) is 12.1 Å². The summed E-state index contributed by atoms with van der Waals surface area (Å²) in [5.74, 6) is -1.61. The number of hydrogen-bond acceptors (Lipinski definition) is 4. The van der Waals surface area contributed by atoms with E-state index in [-0.39, 0.29) is 29.5 Å². The molecule has 1 aromatic heterocycles. The van der Waals surface area contributed by atoms with Crippen molar-refractivity contribution >= 4 is 34.0 Å². The van der Waals surface area contributed by atoms with E-state index >= 15 is 0 Å². The summed E-state index contributed by atoms with van der Waals surface area (Å²) in [4.78, 5) is 27.3. The molecule has 1 heterocycles. The molecule has 0 unspecified atom stereocenters. The first-order valence-corrected chi connectivity index (χ1v) is 8.86. The molecule has 0 spiro atoms. The van der Waals surface area contributed by atoms with E-state index in [1.54, 1.807) is 29.6 Å². The van der Waals surface area contributed by atoms with Gasteiger partial charge in [-0.1, -0.05) is 12.1 Å². The number of nitrogens with one attached hydrogen (secondary N) is 2. The Morgan fingerprint density at radius 3 is 2.52 bits per heavy atom. The highest BCUT2D eigenvalue weighted by molar-refractivity contribution is 7.14. The normalized spacial score (nSPS) is 10.5. The van der Waals surface area contributed by atoms with E-state index in [1.165, 1.54) is 6.92 Å². The predicted molar refractivity (Wildman–Crippen MR) is 101 cm³/mol. The molecule has 3 aromatic rings. The van der Waals surface area contributed by atoms with Crippen molar-refractivity contribution in [2.24, 2.45) is 0 Å². The van der Waals surface area contributed by atoms with Gasteiger partial charge in [-0.2, -0.15) is 0 Å². The molecule has 0 atom stereocenters. The number of nitrogens with zero attached hydrogens (tertiary/aromatic N) is 1. The zero-order valence-electron chi connectivity index (χ0n) is 14.3. The van der Waals surface area contributed by atoms with Gasteiger partial charge in [0.2, 0.25) is 11.8 Å². The van der Waals surface area contributed by atoms with Crippen LogP contribution in [0.25, 0.3) is 11.3 Å². The van der Waals surface area contributed by atoms with Crippen LogP contribution in [0.1, 0.15) is 12.5 Å². The summed E-state index contributed by atoms with van der Waals surface area (Å²) in [5.41, 5.74) is 1.70. The van der Waals surface area contributed by atoms with E-state index in [1.807, 2.05) is 0 Å². The van der Waals surface area contributed by atoms with E-state index in [4.69, 9.17) is 0 Å². The highest BCUT2D eigenvalue weighted by Crippen LogP contribution is 2.27. The molecule has 2 N–H and O–H groups in total. The molecule has 2 aromatic carbocycles. The van der Waals surface area contributed by atoms with Gasteiger partial charge in [0, 0.05) is 23.6 Å². The summed E-state index contributed by atoms with van der Waals surface area (Å²) >= 11 is 1.13. The van der Waals surface area contributed by atoms with Gasteiger partial charge in [-0.05, 0) is 35.9 Å². The van der Waals surface area contributed by atoms with E-state index in [0.717, 1.165) is 35.1 Å². The SMILES string of the molecule is CC(=O)Nc1ccc(CC(=O)Nc2nc(-c3cc(F)ccc3F)cs2)cc1. The summed E-state index contributed by atoms with van der Waals surface area (Å²) < 4.78 is 27.1. The van der Waals surface area contributed by atoms with Crippen molar-refractivity contribution in [1.82, 2.24) is 4.98 Å². The molecule has 0 aliphatic carbocycles. The van der Waals surface area contributed by atoms with Crippen LogP contribution < -0.4 is 10.6 Å². The monoisotopic (exact) mass is 387 g/mol. The molecule has 0 bridgehead atoms. The van der Waals surface area contributed by atoms with Gasteiger partial charge in [-0.3, -0.25) is 9.59 Å². The fourth-order valence-corrected chi connectivity index (χ4v) is 3.13. The lowest BCUT2D eigenvalue weighted by atomic mass is 10.1. The Morgan fingerprint density at radius 2 is 1.81 bits per heavy atom. The smallest absolute Gasteiger partial charge is 0.230 e. The Labute approximate surface area is 158 Å². The van der Waals surface area contributed by atoms with Crippen LogP contribution >= 0.6 is 11.3 Å². The van der Waals surface area contributed by atoms with E-state index < -0.39 is 11.6 Å². The van der Waals surface area contributed by atoms with E-state index in [2.05, 4.69) is 15.6 Å². The summed E-state index contributed by atoms with van der Waals surface area (Å²) in [7, 11) is 0. The van der Waals surface area contributed by atoms with Crippen molar-refractivity contribution in [1.29, 1.82) is 0 Å². The maximum absolute atomic E-state index is 13.8. The molecule has 3 rings (SSSR count). The van der Waals surface area contributed by atoms with Crippen molar-refractivity contribution in [3.05, 3.63) is 65.0 Å². The van der Waals surface area contributed by atoms with Crippen LogP contribution in [0.5, 0.6) is 0 Å². The first-order valence-electron chi connectivity index (χ1n) is 7.98. The van der Waals surface area contributed by atoms with Crippen LogP contribution in [0.15, 0.2) is 47.8 Å². The number of benzene rings is 2. The molecule has 2 amide bonds. The second-order valence-corrected chi connectivity index (χ2v) is 6.62. The zero-order chi connectivity index (χ0) is 19.4. The minimum absolute atomic E-state index is 0.0420. The standard InChI is InChI=1S/C19H15F2N3O2S/c1-11(25)22-14-5-2-12(3-6-14)8-18(26)24-19-23-17(10-27-19)15-9-13(20)4-7-16(15)21/h2-7,9-10H,8H2,1H3,(H,22,25)(H,23,24,26). The third-order valence-corrected chi connectivity index (χ3v) is 4.35. The highest BCUT2D eigenvalue weighted by Gasteiger charge is 2.12. The van der Waals surface area contributed by atoms with Crippen LogP contribution in [-0.2, 0) is 16.0 Å². The average molecular weight is 387 g/mol. The third kappa shape index (κ3) is 4.95. The Kier molecular flexibility index (Phi) is 5.56. The van der Waals surface area contributed by atoms with Crippen molar-refractivity contribution in [3.8, 4) is 11.3 Å². The number of amides is 2. The van der Waals surface area contributed by atoms with Crippen molar-refractivity contribution in [2.45, 2.75) is 13.3 Å². The second kappa shape index (κ2) is 8.05.